The normalized spacial score (nSPS) is 11.3. The van der Waals surface area contributed by atoms with Gasteiger partial charge in [0.05, 0.1) is 0 Å². The molecule has 0 bridgehead atoms. The first-order valence-electron chi connectivity index (χ1n) is 5.51. The number of amidine groups is 1. The second-order valence-electron chi connectivity index (χ2n) is 3.72. The Morgan fingerprint density at radius 3 is 2.84 bits per heavy atom. The largest absolute Gasteiger partial charge is 0.486 e. The van der Waals surface area contributed by atoms with Gasteiger partial charge in [-0.15, -0.1) is 0 Å². The first-order valence-corrected chi connectivity index (χ1v) is 6.31. The third-order valence-corrected chi connectivity index (χ3v) is 3.24. The Balaban J connectivity index is 2.19. The van der Waals surface area contributed by atoms with Gasteiger partial charge in [-0.3, -0.25) is 0 Å². The van der Waals surface area contributed by atoms with Crippen molar-refractivity contribution in [1.82, 2.24) is 4.98 Å². The van der Waals surface area contributed by atoms with Gasteiger partial charge in [-0.1, -0.05) is 39.3 Å². The highest BCUT2D eigenvalue weighted by molar-refractivity contribution is 9.10. The van der Waals surface area contributed by atoms with Gasteiger partial charge in [0.15, 0.2) is 11.5 Å². The van der Waals surface area contributed by atoms with Crippen molar-refractivity contribution < 1.29 is 9.94 Å². The van der Waals surface area contributed by atoms with E-state index in [0.29, 0.717) is 18.1 Å². The Kier molecular flexibility index (Phi) is 4.35. The average Bonchev–Trinajstić information content (AvgIpc) is 2.46. The number of aromatic nitrogens is 1. The quantitative estimate of drug-likeness (QED) is 0.392. The number of pyridine rings is 1. The Morgan fingerprint density at radius 2 is 2.11 bits per heavy atom. The second kappa shape index (κ2) is 6.19. The predicted octanol–water partition coefficient (Wildman–Crippen LogP) is 2.52. The standard InChI is InChI=1S/C13H12BrN3O2/c14-10-5-2-1-4-9(10)8-19-11-6-3-7-16-12(11)13(15)17-18/h1-7,18H,8H2,(H2,15,17). The molecule has 0 unspecified atom stereocenters. The van der Waals surface area contributed by atoms with E-state index in [9.17, 15) is 0 Å². The van der Waals surface area contributed by atoms with Crippen molar-refractivity contribution in [3.05, 3.63) is 58.3 Å². The lowest BCUT2D eigenvalue weighted by molar-refractivity contribution is 0.301. The maximum Gasteiger partial charge on any atom is 0.192 e. The minimum absolute atomic E-state index is 0.0808. The van der Waals surface area contributed by atoms with Crippen LogP contribution < -0.4 is 10.5 Å². The SMILES string of the molecule is N/C(=N/O)c1ncccc1OCc1ccccc1Br. The molecule has 0 aliphatic rings. The zero-order chi connectivity index (χ0) is 13.7. The fourth-order valence-corrected chi connectivity index (χ4v) is 1.92. The minimum Gasteiger partial charge on any atom is -0.486 e. The number of nitrogens with two attached hydrogens (primary N) is 1. The highest BCUT2D eigenvalue weighted by Crippen LogP contribution is 2.20. The molecule has 1 heterocycles. The Labute approximate surface area is 118 Å². The molecule has 0 amide bonds. The van der Waals surface area contributed by atoms with Crippen molar-refractivity contribution >= 4 is 21.8 Å². The molecule has 3 N–H and O–H groups in total. The van der Waals surface area contributed by atoms with E-state index in [0.717, 1.165) is 10.0 Å². The van der Waals surface area contributed by atoms with Gasteiger partial charge in [-0.25, -0.2) is 4.98 Å². The highest BCUT2D eigenvalue weighted by Gasteiger charge is 2.10. The molecule has 0 radical (unpaired) electrons. The summed E-state index contributed by atoms with van der Waals surface area (Å²) in [5, 5.41) is 11.6. The van der Waals surface area contributed by atoms with Gasteiger partial charge < -0.3 is 15.7 Å². The van der Waals surface area contributed by atoms with E-state index in [1.807, 2.05) is 24.3 Å². The molecule has 2 rings (SSSR count). The van der Waals surface area contributed by atoms with E-state index in [-0.39, 0.29) is 5.84 Å². The Bertz CT molecular complexity index is 602. The van der Waals surface area contributed by atoms with Crippen LogP contribution in [0.5, 0.6) is 5.75 Å². The molecule has 1 aromatic heterocycles. The molecule has 0 spiro atoms. The molecule has 0 saturated heterocycles. The maximum atomic E-state index is 8.70. The summed E-state index contributed by atoms with van der Waals surface area (Å²) < 4.78 is 6.62. The number of hydrogen-bond acceptors (Lipinski definition) is 4. The van der Waals surface area contributed by atoms with Crippen molar-refractivity contribution in [3.8, 4) is 5.75 Å². The van der Waals surface area contributed by atoms with Crippen molar-refractivity contribution in [1.29, 1.82) is 0 Å². The highest BCUT2D eigenvalue weighted by atomic mass is 79.9. The lowest BCUT2D eigenvalue weighted by Gasteiger charge is -2.10. The molecular weight excluding hydrogens is 310 g/mol. The summed E-state index contributed by atoms with van der Waals surface area (Å²) in [5.74, 6) is 0.385. The zero-order valence-corrected chi connectivity index (χ0v) is 11.5. The van der Waals surface area contributed by atoms with Crippen molar-refractivity contribution in [2.24, 2.45) is 10.9 Å². The molecule has 98 valence electrons. The summed E-state index contributed by atoms with van der Waals surface area (Å²) in [5.41, 5.74) is 6.86. The lowest BCUT2D eigenvalue weighted by atomic mass is 10.2. The van der Waals surface area contributed by atoms with Crippen molar-refractivity contribution in [3.63, 3.8) is 0 Å². The number of nitrogens with zero attached hydrogens (tertiary/aromatic N) is 2. The maximum absolute atomic E-state index is 8.70. The number of rotatable bonds is 4. The van der Waals surface area contributed by atoms with Crippen LogP contribution >= 0.6 is 15.9 Å². The van der Waals surface area contributed by atoms with Crippen molar-refractivity contribution in [2.75, 3.05) is 0 Å². The van der Waals surface area contributed by atoms with Gasteiger partial charge in [-0.05, 0) is 18.2 Å². The van der Waals surface area contributed by atoms with Crippen LogP contribution in [0.1, 0.15) is 11.3 Å². The molecule has 0 aliphatic carbocycles. The van der Waals surface area contributed by atoms with Crippen LogP contribution in [0.15, 0.2) is 52.2 Å². The van der Waals surface area contributed by atoms with E-state index >= 15 is 0 Å². The van der Waals surface area contributed by atoms with E-state index in [4.69, 9.17) is 15.7 Å². The van der Waals surface area contributed by atoms with Gasteiger partial charge in [0.1, 0.15) is 12.4 Å². The summed E-state index contributed by atoms with van der Waals surface area (Å²) >= 11 is 3.45. The van der Waals surface area contributed by atoms with Crippen LogP contribution in [0.2, 0.25) is 0 Å². The molecule has 0 atom stereocenters. The van der Waals surface area contributed by atoms with Gasteiger partial charge in [0.25, 0.3) is 0 Å². The summed E-state index contributed by atoms with van der Waals surface area (Å²) in [6.07, 6.45) is 1.55. The van der Waals surface area contributed by atoms with E-state index in [2.05, 4.69) is 26.1 Å². The second-order valence-corrected chi connectivity index (χ2v) is 4.57. The third kappa shape index (κ3) is 3.23. The van der Waals surface area contributed by atoms with Crippen LogP contribution in [0.3, 0.4) is 0 Å². The van der Waals surface area contributed by atoms with Gasteiger partial charge in [-0.2, -0.15) is 0 Å². The molecule has 5 nitrogen and oxygen atoms in total. The smallest absolute Gasteiger partial charge is 0.192 e. The van der Waals surface area contributed by atoms with E-state index < -0.39 is 0 Å². The molecule has 0 aliphatic heterocycles. The Morgan fingerprint density at radius 1 is 1.32 bits per heavy atom. The third-order valence-electron chi connectivity index (χ3n) is 2.46. The molecule has 2 aromatic rings. The number of hydrogen-bond donors (Lipinski definition) is 2. The molecule has 0 fully saturated rings. The van der Waals surface area contributed by atoms with Gasteiger partial charge in [0, 0.05) is 16.2 Å². The number of ether oxygens (including phenoxy) is 1. The molecule has 6 heteroatoms. The topological polar surface area (TPSA) is 80.7 Å². The average molecular weight is 322 g/mol. The lowest BCUT2D eigenvalue weighted by Crippen LogP contribution is -2.16. The monoisotopic (exact) mass is 321 g/mol. The van der Waals surface area contributed by atoms with Crippen LogP contribution in [0.4, 0.5) is 0 Å². The van der Waals surface area contributed by atoms with Crippen LogP contribution in [0, 0.1) is 0 Å². The van der Waals surface area contributed by atoms with Crippen molar-refractivity contribution in [2.45, 2.75) is 6.61 Å². The summed E-state index contributed by atoms with van der Waals surface area (Å²) in [6.45, 7) is 0.360. The molecular formula is C13H12BrN3O2. The Hall–Kier alpha value is -2.08. The fourth-order valence-electron chi connectivity index (χ4n) is 1.52. The number of benzene rings is 1. The zero-order valence-electron chi connectivity index (χ0n) is 9.95. The summed E-state index contributed by atoms with van der Waals surface area (Å²) in [6, 6.07) is 11.2. The van der Waals surface area contributed by atoms with Gasteiger partial charge in [0.2, 0.25) is 0 Å². The molecule has 0 saturated carbocycles. The molecule has 1 aromatic carbocycles. The number of oxime groups is 1. The van der Waals surface area contributed by atoms with Crippen LogP contribution in [-0.2, 0) is 6.61 Å². The van der Waals surface area contributed by atoms with Gasteiger partial charge >= 0.3 is 0 Å². The first-order chi connectivity index (χ1) is 9.22. The molecule has 19 heavy (non-hydrogen) atoms. The fraction of sp³-hybridized carbons (Fsp3) is 0.0769. The van der Waals surface area contributed by atoms with E-state index in [1.54, 1.807) is 18.3 Å². The summed E-state index contributed by atoms with van der Waals surface area (Å²) in [4.78, 5) is 4.03. The van der Waals surface area contributed by atoms with Crippen LogP contribution in [0.25, 0.3) is 0 Å². The first kappa shape index (κ1) is 13.4. The summed E-state index contributed by atoms with van der Waals surface area (Å²) in [7, 11) is 0. The predicted molar refractivity (Wildman–Crippen MR) is 75.2 cm³/mol. The van der Waals surface area contributed by atoms with E-state index in [1.165, 1.54) is 0 Å². The van der Waals surface area contributed by atoms with Crippen LogP contribution in [-0.4, -0.2) is 16.0 Å². The number of halogens is 1. The minimum atomic E-state index is -0.0808.